The van der Waals surface area contributed by atoms with Crippen molar-refractivity contribution in [3.8, 4) is 22.8 Å². The molecule has 4 aromatic rings. The summed E-state index contributed by atoms with van der Waals surface area (Å²) in [5.74, 6) is 1.53. The Morgan fingerprint density at radius 3 is 2.57 bits per heavy atom. The highest BCUT2D eigenvalue weighted by Gasteiger charge is 2.17. The van der Waals surface area contributed by atoms with Crippen molar-refractivity contribution < 1.29 is 9.53 Å². The van der Waals surface area contributed by atoms with E-state index in [9.17, 15) is 4.79 Å². The largest absolute Gasteiger partial charge is 0.497 e. The molecule has 2 heterocycles. The normalized spacial score (nSPS) is 10.7. The molecule has 0 aliphatic heterocycles. The van der Waals surface area contributed by atoms with Gasteiger partial charge < -0.3 is 10.1 Å². The fraction of sp³-hybridized carbons (Fsp3) is 0.143. The molecule has 0 aliphatic rings. The van der Waals surface area contributed by atoms with Gasteiger partial charge in [-0.25, -0.2) is 4.98 Å². The summed E-state index contributed by atoms with van der Waals surface area (Å²) in [5, 5.41) is 14.7. The van der Waals surface area contributed by atoms with Crippen molar-refractivity contribution in [3.63, 3.8) is 0 Å². The molecule has 0 saturated carbocycles. The molecule has 0 saturated heterocycles. The van der Waals surface area contributed by atoms with Gasteiger partial charge in [-0.1, -0.05) is 42.1 Å². The third-order valence-corrected chi connectivity index (χ3v) is 6.00. The zero-order valence-corrected chi connectivity index (χ0v) is 18.0. The summed E-state index contributed by atoms with van der Waals surface area (Å²) in [6.07, 6.45) is 0. The monoisotopic (exact) mass is 437 g/mol. The van der Waals surface area contributed by atoms with Crippen LogP contribution in [-0.2, 0) is 4.79 Å². The van der Waals surface area contributed by atoms with Gasteiger partial charge in [0.05, 0.1) is 18.6 Å². The molecular formula is C21H19N5O2S2. The molecule has 2 aromatic heterocycles. The molecule has 1 N–H and O–H groups in total. The second-order valence-electron chi connectivity index (χ2n) is 6.34. The molecule has 30 heavy (non-hydrogen) atoms. The minimum absolute atomic E-state index is 0.139. The van der Waals surface area contributed by atoms with E-state index in [-0.39, 0.29) is 11.7 Å². The first-order valence-electron chi connectivity index (χ1n) is 9.14. The number of hydrogen-bond acceptors (Lipinski definition) is 7. The molecular weight excluding hydrogens is 418 g/mol. The highest BCUT2D eigenvalue weighted by atomic mass is 32.2. The first kappa shape index (κ1) is 20.1. The summed E-state index contributed by atoms with van der Waals surface area (Å²) in [6.45, 7) is 1.89. The van der Waals surface area contributed by atoms with Gasteiger partial charge in [0.15, 0.2) is 16.1 Å². The Morgan fingerprint density at radius 2 is 1.90 bits per heavy atom. The lowest BCUT2D eigenvalue weighted by atomic mass is 10.2. The first-order chi connectivity index (χ1) is 14.6. The Balaban J connectivity index is 1.60. The van der Waals surface area contributed by atoms with E-state index in [1.807, 2.05) is 71.5 Å². The van der Waals surface area contributed by atoms with Crippen molar-refractivity contribution in [3.05, 3.63) is 65.7 Å². The minimum Gasteiger partial charge on any atom is -0.497 e. The number of rotatable bonds is 7. The van der Waals surface area contributed by atoms with Gasteiger partial charge in [-0.15, -0.1) is 21.5 Å². The fourth-order valence-electron chi connectivity index (χ4n) is 2.80. The number of benzene rings is 2. The topological polar surface area (TPSA) is 81.9 Å². The maximum Gasteiger partial charge on any atom is 0.236 e. The number of carbonyl (C=O) groups is 1. The van der Waals surface area contributed by atoms with Crippen LogP contribution in [0.1, 0.15) is 5.69 Å². The number of thiazole rings is 1. The molecule has 0 fully saturated rings. The van der Waals surface area contributed by atoms with Gasteiger partial charge in [-0.2, -0.15) is 0 Å². The maximum absolute atomic E-state index is 12.4. The molecule has 152 valence electrons. The molecule has 2 aromatic carbocycles. The molecule has 0 atom stereocenters. The lowest BCUT2D eigenvalue weighted by molar-refractivity contribution is -0.113. The second-order valence-corrected chi connectivity index (χ2v) is 8.14. The first-order valence-corrected chi connectivity index (χ1v) is 11.0. The molecule has 0 spiro atoms. The van der Waals surface area contributed by atoms with Crippen molar-refractivity contribution in [1.82, 2.24) is 19.7 Å². The third kappa shape index (κ3) is 4.52. The van der Waals surface area contributed by atoms with Crippen LogP contribution in [0.5, 0.6) is 5.75 Å². The zero-order valence-electron chi connectivity index (χ0n) is 16.4. The molecule has 0 unspecified atom stereocenters. The van der Waals surface area contributed by atoms with Gasteiger partial charge in [-0.3, -0.25) is 9.36 Å². The average molecular weight is 438 g/mol. The third-order valence-electron chi connectivity index (χ3n) is 4.19. The smallest absolute Gasteiger partial charge is 0.236 e. The van der Waals surface area contributed by atoms with E-state index in [1.54, 1.807) is 7.11 Å². The standard InChI is InChI=1S/C21H19N5O2S2/c1-14-12-29-20(22-14)23-18(27)13-30-21-25-24-19(15-6-4-3-5-7-15)26(21)16-8-10-17(28-2)11-9-16/h3-12H,13H2,1-2H3,(H,22,23,27). The Labute approximate surface area is 182 Å². The summed E-state index contributed by atoms with van der Waals surface area (Å²) in [7, 11) is 1.63. The zero-order chi connectivity index (χ0) is 20.9. The lowest BCUT2D eigenvalue weighted by Gasteiger charge is -2.11. The predicted octanol–water partition coefficient (Wildman–Crippen LogP) is 4.44. The van der Waals surface area contributed by atoms with Gasteiger partial charge >= 0.3 is 0 Å². The summed E-state index contributed by atoms with van der Waals surface area (Å²) >= 11 is 2.73. The van der Waals surface area contributed by atoms with Crippen molar-refractivity contribution in [2.45, 2.75) is 12.1 Å². The number of methoxy groups -OCH3 is 1. The predicted molar refractivity (Wildman–Crippen MR) is 120 cm³/mol. The van der Waals surface area contributed by atoms with Crippen LogP contribution in [0.3, 0.4) is 0 Å². The molecule has 0 radical (unpaired) electrons. The number of ether oxygens (including phenoxy) is 1. The van der Waals surface area contributed by atoms with Gasteiger partial charge in [0.2, 0.25) is 5.91 Å². The molecule has 7 nitrogen and oxygen atoms in total. The number of carbonyl (C=O) groups excluding carboxylic acids is 1. The summed E-state index contributed by atoms with van der Waals surface area (Å²) in [6, 6.07) is 17.5. The number of amides is 1. The van der Waals surface area contributed by atoms with E-state index in [1.165, 1.54) is 23.1 Å². The molecule has 0 aliphatic carbocycles. The van der Waals surface area contributed by atoms with Crippen LogP contribution < -0.4 is 10.1 Å². The number of aromatic nitrogens is 4. The summed E-state index contributed by atoms with van der Waals surface area (Å²) < 4.78 is 7.21. The van der Waals surface area contributed by atoms with Crippen LogP contribution in [0, 0.1) is 6.92 Å². The van der Waals surface area contributed by atoms with E-state index >= 15 is 0 Å². The Hall–Kier alpha value is -3.17. The van der Waals surface area contributed by atoms with E-state index in [0.29, 0.717) is 16.1 Å². The van der Waals surface area contributed by atoms with Crippen LogP contribution in [0.2, 0.25) is 0 Å². The molecule has 4 rings (SSSR count). The SMILES string of the molecule is COc1ccc(-n2c(SCC(=O)Nc3nc(C)cs3)nnc2-c2ccccc2)cc1. The highest BCUT2D eigenvalue weighted by Crippen LogP contribution is 2.29. The number of thioether (sulfide) groups is 1. The lowest BCUT2D eigenvalue weighted by Crippen LogP contribution is -2.14. The van der Waals surface area contributed by atoms with Crippen LogP contribution in [0.25, 0.3) is 17.1 Å². The van der Waals surface area contributed by atoms with Crippen molar-refractivity contribution in [2.24, 2.45) is 0 Å². The van der Waals surface area contributed by atoms with Crippen LogP contribution >= 0.6 is 23.1 Å². The van der Waals surface area contributed by atoms with E-state index in [2.05, 4.69) is 20.5 Å². The number of hydrogen-bond donors (Lipinski definition) is 1. The second kappa shape index (κ2) is 9.10. The van der Waals surface area contributed by atoms with Crippen LogP contribution in [0.4, 0.5) is 5.13 Å². The van der Waals surface area contributed by atoms with E-state index < -0.39 is 0 Å². The van der Waals surface area contributed by atoms with E-state index in [4.69, 9.17) is 4.74 Å². The summed E-state index contributed by atoms with van der Waals surface area (Å²) in [4.78, 5) is 16.6. The number of anilines is 1. The van der Waals surface area contributed by atoms with Gasteiger partial charge in [0.25, 0.3) is 0 Å². The number of nitrogens with zero attached hydrogens (tertiary/aromatic N) is 4. The van der Waals surface area contributed by atoms with Crippen molar-refractivity contribution in [2.75, 3.05) is 18.2 Å². The van der Waals surface area contributed by atoms with Gasteiger partial charge in [-0.05, 0) is 31.2 Å². The Kier molecular flexibility index (Phi) is 6.10. The Morgan fingerprint density at radius 1 is 1.13 bits per heavy atom. The van der Waals surface area contributed by atoms with Gasteiger partial charge in [0, 0.05) is 16.6 Å². The molecule has 9 heteroatoms. The van der Waals surface area contributed by atoms with Gasteiger partial charge in [0.1, 0.15) is 5.75 Å². The van der Waals surface area contributed by atoms with Crippen LogP contribution in [0.15, 0.2) is 65.1 Å². The van der Waals surface area contributed by atoms with Crippen molar-refractivity contribution >= 4 is 34.1 Å². The molecule has 1 amide bonds. The number of nitrogens with one attached hydrogen (secondary N) is 1. The molecule has 0 bridgehead atoms. The maximum atomic E-state index is 12.4. The minimum atomic E-state index is -0.139. The summed E-state index contributed by atoms with van der Waals surface area (Å²) in [5.41, 5.74) is 2.71. The quantitative estimate of drug-likeness (QED) is 0.431. The van der Waals surface area contributed by atoms with Crippen LogP contribution in [-0.4, -0.2) is 38.5 Å². The van der Waals surface area contributed by atoms with E-state index in [0.717, 1.165) is 22.7 Å². The highest BCUT2D eigenvalue weighted by molar-refractivity contribution is 7.99. The average Bonchev–Trinajstić information content (AvgIpc) is 3.39. The Bertz CT molecular complexity index is 1140. The number of aryl methyl sites for hydroxylation is 1. The fourth-order valence-corrected chi connectivity index (χ4v) is 4.25. The van der Waals surface area contributed by atoms with Crippen molar-refractivity contribution in [1.29, 1.82) is 0 Å².